The number of aliphatic hydroxyl groups excluding tert-OH is 2. The van der Waals surface area contributed by atoms with E-state index in [1.807, 2.05) is 6.08 Å². The van der Waals surface area contributed by atoms with E-state index in [1.54, 1.807) is 6.08 Å². The lowest BCUT2D eigenvalue weighted by Crippen LogP contribution is -2.45. The molecule has 0 rings (SSSR count). The summed E-state index contributed by atoms with van der Waals surface area (Å²) in [6.45, 7) is 4.29. The average Bonchev–Trinajstić information content (AvgIpc) is 3.03. The Hall–Kier alpha value is -1.13. The van der Waals surface area contributed by atoms with E-state index in [2.05, 4.69) is 31.3 Å². The molecule has 0 spiro atoms. The van der Waals surface area contributed by atoms with E-state index in [4.69, 9.17) is 0 Å². The largest absolute Gasteiger partial charge is 0.394 e. The lowest BCUT2D eigenvalue weighted by molar-refractivity contribution is -0.123. The van der Waals surface area contributed by atoms with E-state index >= 15 is 0 Å². The van der Waals surface area contributed by atoms with E-state index in [-0.39, 0.29) is 12.5 Å². The molecule has 260 valence electrons. The summed E-state index contributed by atoms with van der Waals surface area (Å²) in [5, 5.41) is 22.9. The van der Waals surface area contributed by atoms with Gasteiger partial charge in [0.1, 0.15) is 0 Å². The Bertz CT molecular complexity index is 632. The van der Waals surface area contributed by atoms with Gasteiger partial charge in [-0.1, -0.05) is 192 Å². The summed E-state index contributed by atoms with van der Waals surface area (Å²) in [5.41, 5.74) is 0. The van der Waals surface area contributed by atoms with E-state index < -0.39 is 12.1 Å². The predicted octanol–water partition coefficient (Wildman–Crippen LogP) is 11.7. The SMILES string of the molecule is CCCCCCCCCCCCCCCCC/C=C/CC/C=C/C(O)C(CO)NC(=O)CCCCCCCCCCCCC. The molecule has 0 aromatic carbocycles. The molecule has 4 heteroatoms. The monoisotopic (exact) mass is 620 g/mol. The van der Waals surface area contributed by atoms with Crippen LogP contribution in [-0.4, -0.2) is 34.9 Å². The van der Waals surface area contributed by atoms with Crippen LogP contribution in [0.2, 0.25) is 0 Å². The van der Waals surface area contributed by atoms with Gasteiger partial charge < -0.3 is 15.5 Å². The number of amides is 1. The number of rotatable bonds is 35. The zero-order valence-electron chi connectivity index (χ0n) is 29.7. The molecule has 44 heavy (non-hydrogen) atoms. The molecule has 0 aromatic heterocycles. The zero-order chi connectivity index (χ0) is 32.2. The predicted molar refractivity (Wildman–Crippen MR) is 193 cm³/mol. The maximum absolute atomic E-state index is 12.3. The van der Waals surface area contributed by atoms with Crippen LogP contribution in [0.3, 0.4) is 0 Å². The molecule has 0 radical (unpaired) electrons. The number of nitrogens with one attached hydrogen (secondary N) is 1. The van der Waals surface area contributed by atoms with Gasteiger partial charge in [-0.05, 0) is 32.1 Å². The van der Waals surface area contributed by atoms with Crippen LogP contribution >= 0.6 is 0 Å². The number of hydrogen-bond donors (Lipinski definition) is 3. The summed E-state index contributed by atoms with van der Waals surface area (Å²) < 4.78 is 0. The first-order chi connectivity index (χ1) is 21.7. The molecule has 2 atom stereocenters. The third-order valence-electron chi connectivity index (χ3n) is 8.94. The molecule has 0 saturated carbocycles. The number of allylic oxidation sites excluding steroid dienone is 3. The first-order valence-electron chi connectivity index (χ1n) is 19.6. The Labute approximate surface area is 275 Å². The first kappa shape index (κ1) is 42.9. The van der Waals surface area contributed by atoms with Crippen LogP contribution in [0, 0.1) is 0 Å². The number of carbonyl (C=O) groups excluding carboxylic acids is 1. The molecule has 3 N–H and O–H groups in total. The lowest BCUT2D eigenvalue weighted by atomic mass is 10.0. The fourth-order valence-electron chi connectivity index (χ4n) is 5.90. The first-order valence-corrected chi connectivity index (χ1v) is 19.6. The Kier molecular flexibility index (Phi) is 35.4. The Balaban J connectivity index is 3.61. The summed E-state index contributed by atoms with van der Waals surface area (Å²) >= 11 is 0. The number of unbranched alkanes of at least 4 members (excludes halogenated alkanes) is 26. The Morgan fingerprint density at radius 1 is 0.523 bits per heavy atom. The van der Waals surface area contributed by atoms with Gasteiger partial charge in [-0.15, -0.1) is 0 Å². The maximum atomic E-state index is 12.3. The van der Waals surface area contributed by atoms with Crippen molar-refractivity contribution in [3.05, 3.63) is 24.3 Å². The minimum absolute atomic E-state index is 0.0749. The summed E-state index contributed by atoms with van der Waals surface area (Å²) in [7, 11) is 0. The quantitative estimate of drug-likeness (QED) is 0.0488. The van der Waals surface area contributed by atoms with Crippen molar-refractivity contribution in [2.75, 3.05) is 6.61 Å². The molecule has 0 heterocycles. The van der Waals surface area contributed by atoms with Crippen molar-refractivity contribution in [3.8, 4) is 0 Å². The van der Waals surface area contributed by atoms with E-state index in [1.165, 1.54) is 154 Å². The molecule has 0 bridgehead atoms. The van der Waals surface area contributed by atoms with Crippen molar-refractivity contribution >= 4 is 5.91 Å². The van der Waals surface area contributed by atoms with Gasteiger partial charge in [0.25, 0.3) is 0 Å². The van der Waals surface area contributed by atoms with Gasteiger partial charge >= 0.3 is 0 Å². The van der Waals surface area contributed by atoms with Gasteiger partial charge in [0.15, 0.2) is 0 Å². The summed E-state index contributed by atoms with van der Waals surface area (Å²) in [5.74, 6) is -0.0749. The Morgan fingerprint density at radius 3 is 1.32 bits per heavy atom. The van der Waals surface area contributed by atoms with Gasteiger partial charge in [0.05, 0.1) is 18.8 Å². The third-order valence-corrected chi connectivity index (χ3v) is 8.94. The summed E-state index contributed by atoms with van der Waals surface area (Å²) in [6, 6.07) is -0.632. The van der Waals surface area contributed by atoms with E-state index in [9.17, 15) is 15.0 Å². The molecule has 2 unspecified atom stereocenters. The molecule has 0 aliphatic carbocycles. The summed E-state index contributed by atoms with van der Waals surface area (Å²) in [4.78, 5) is 12.3. The summed E-state index contributed by atoms with van der Waals surface area (Å²) in [6.07, 6.45) is 45.6. The van der Waals surface area contributed by atoms with Crippen molar-refractivity contribution in [3.63, 3.8) is 0 Å². The number of hydrogen-bond acceptors (Lipinski definition) is 3. The minimum atomic E-state index is -0.856. The molecule has 0 aliphatic rings. The second-order valence-corrected chi connectivity index (χ2v) is 13.3. The van der Waals surface area contributed by atoms with Gasteiger partial charge in [-0.25, -0.2) is 0 Å². The zero-order valence-corrected chi connectivity index (χ0v) is 29.7. The van der Waals surface area contributed by atoms with E-state index in [0.717, 1.165) is 32.1 Å². The lowest BCUT2D eigenvalue weighted by Gasteiger charge is -2.19. The maximum Gasteiger partial charge on any atom is 0.220 e. The van der Waals surface area contributed by atoms with E-state index in [0.29, 0.717) is 6.42 Å². The van der Waals surface area contributed by atoms with Crippen LogP contribution in [0.4, 0.5) is 0 Å². The van der Waals surface area contributed by atoms with Crippen LogP contribution in [0.15, 0.2) is 24.3 Å². The smallest absolute Gasteiger partial charge is 0.220 e. The topological polar surface area (TPSA) is 69.6 Å². The number of aliphatic hydroxyl groups is 2. The van der Waals surface area contributed by atoms with Crippen molar-refractivity contribution < 1.29 is 15.0 Å². The molecule has 0 aromatic rings. The molecule has 1 amide bonds. The molecular weight excluding hydrogens is 542 g/mol. The molecule has 0 saturated heterocycles. The van der Waals surface area contributed by atoms with Gasteiger partial charge in [-0.2, -0.15) is 0 Å². The van der Waals surface area contributed by atoms with Crippen LogP contribution in [0.1, 0.15) is 206 Å². The highest BCUT2D eigenvalue weighted by molar-refractivity contribution is 5.76. The van der Waals surface area contributed by atoms with Crippen LogP contribution in [-0.2, 0) is 4.79 Å². The van der Waals surface area contributed by atoms with Crippen molar-refractivity contribution in [1.82, 2.24) is 5.32 Å². The van der Waals surface area contributed by atoms with Crippen molar-refractivity contribution in [2.24, 2.45) is 0 Å². The van der Waals surface area contributed by atoms with Crippen LogP contribution < -0.4 is 5.32 Å². The Morgan fingerprint density at radius 2 is 0.886 bits per heavy atom. The highest BCUT2D eigenvalue weighted by Crippen LogP contribution is 2.14. The number of carbonyl (C=O) groups is 1. The average molecular weight is 620 g/mol. The van der Waals surface area contributed by atoms with Gasteiger partial charge in [-0.3, -0.25) is 4.79 Å². The molecule has 0 aliphatic heterocycles. The minimum Gasteiger partial charge on any atom is -0.394 e. The fourth-order valence-corrected chi connectivity index (χ4v) is 5.90. The fraction of sp³-hybridized carbons (Fsp3) is 0.875. The van der Waals surface area contributed by atoms with Gasteiger partial charge in [0, 0.05) is 6.42 Å². The molecular formula is C40H77NO3. The molecule has 4 nitrogen and oxygen atoms in total. The van der Waals surface area contributed by atoms with Crippen LogP contribution in [0.25, 0.3) is 0 Å². The standard InChI is InChI=1S/C40H77NO3/c1-3-5-7-9-11-13-15-16-17-18-19-20-21-22-23-24-26-27-29-31-33-35-39(43)38(37-42)41-40(44)36-34-32-30-28-25-14-12-10-8-6-4-2/h26-27,33,35,38-39,42-43H,3-25,28-32,34,36-37H2,1-2H3,(H,41,44)/b27-26+,35-33+. The second kappa shape index (κ2) is 36.3. The second-order valence-electron chi connectivity index (χ2n) is 13.3. The van der Waals surface area contributed by atoms with Crippen molar-refractivity contribution in [1.29, 1.82) is 0 Å². The normalized spacial score (nSPS) is 13.3. The van der Waals surface area contributed by atoms with Crippen LogP contribution in [0.5, 0.6) is 0 Å². The van der Waals surface area contributed by atoms with Gasteiger partial charge in [0.2, 0.25) is 5.91 Å². The highest BCUT2D eigenvalue weighted by Gasteiger charge is 2.17. The third kappa shape index (κ3) is 32.3. The molecule has 0 fully saturated rings. The highest BCUT2D eigenvalue weighted by atomic mass is 16.3. The van der Waals surface area contributed by atoms with Crippen molar-refractivity contribution in [2.45, 2.75) is 219 Å².